The second-order valence-electron chi connectivity index (χ2n) is 5.57. The lowest BCUT2D eigenvalue weighted by Gasteiger charge is -2.24. The Morgan fingerprint density at radius 2 is 2.24 bits per heavy atom. The lowest BCUT2D eigenvalue weighted by Crippen LogP contribution is -2.54. The van der Waals surface area contributed by atoms with Gasteiger partial charge in [0, 0.05) is 29.8 Å². The minimum Gasteiger partial charge on any atom is -0.479 e. The van der Waals surface area contributed by atoms with E-state index in [-0.39, 0.29) is 22.7 Å². The van der Waals surface area contributed by atoms with Crippen molar-refractivity contribution in [1.29, 1.82) is 0 Å². The molecular formula is C15H14N4O5S. The molecule has 9 nitrogen and oxygen atoms in total. The SMILES string of the molecule is O=C(NC1(C(=O)O)CCSC1)c1ccc(-n2ccnc2)c([N+](=O)[O-])c1. The number of hydrogen-bond donors (Lipinski definition) is 2. The first kappa shape index (κ1) is 17.0. The van der Waals surface area contributed by atoms with Gasteiger partial charge in [0.2, 0.25) is 0 Å². The zero-order valence-electron chi connectivity index (χ0n) is 12.9. The summed E-state index contributed by atoms with van der Waals surface area (Å²) < 4.78 is 1.46. The predicted octanol–water partition coefficient (Wildman–Crippen LogP) is 1.47. The summed E-state index contributed by atoms with van der Waals surface area (Å²) in [5.74, 6) is -0.851. The van der Waals surface area contributed by atoms with Crippen LogP contribution >= 0.6 is 11.8 Å². The number of nitro benzene ring substituents is 1. The van der Waals surface area contributed by atoms with Crippen molar-refractivity contribution in [3.05, 3.63) is 52.6 Å². The normalized spacial score (nSPS) is 19.5. The smallest absolute Gasteiger partial charge is 0.330 e. The van der Waals surface area contributed by atoms with Gasteiger partial charge in [0.15, 0.2) is 0 Å². The van der Waals surface area contributed by atoms with Crippen molar-refractivity contribution >= 4 is 29.3 Å². The lowest BCUT2D eigenvalue weighted by molar-refractivity contribution is -0.384. The summed E-state index contributed by atoms with van der Waals surface area (Å²) in [7, 11) is 0. The van der Waals surface area contributed by atoms with Crippen LogP contribution < -0.4 is 5.32 Å². The third-order valence-electron chi connectivity index (χ3n) is 4.00. The van der Waals surface area contributed by atoms with Crippen LogP contribution in [0.15, 0.2) is 36.9 Å². The molecule has 0 aliphatic carbocycles. The molecule has 1 saturated heterocycles. The van der Waals surface area contributed by atoms with E-state index in [0.29, 0.717) is 12.2 Å². The number of nitrogens with zero attached hydrogens (tertiary/aromatic N) is 3. The first-order chi connectivity index (χ1) is 11.9. The largest absolute Gasteiger partial charge is 0.479 e. The molecule has 1 fully saturated rings. The second-order valence-corrected chi connectivity index (χ2v) is 6.68. The lowest BCUT2D eigenvalue weighted by atomic mass is 9.98. The number of rotatable bonds is 5. The van der Waals surface area contributed by atoms with Crippen molar-refractivity contribution in [3.8, 4) is 5.69 Å². The number of nitro groups is 1. The third-order valence-corrected chi connectivity index (χ3v) is 5.19. The fourth-order valence-corrected chi connectivity index (χ4v) is 3.93. The van der Waals surface area contributed by atoms with Gasteiger partial charge in [-0.05, 0) is 24.3 Å². The van der Waals surface area contributed by atoms with Gasteiger partial charge in [-0.1, -0.05) is 0 Å². The van der Waals surface area contributed by atoms with Crippen molar-refractivity contribution in [2.75, 3.05) is 11.5 Å². The maximum absolute atomic E-state index is 12.5. The summed E-state index contributed by atoms with van der Waals surface area (Å²) in [5.41, 5.74) is -1.30. The van der Waals surface area contributed by atoms with Crippen molar-refractivity contribution in [3.63, 3.8) is 0 Å². The molecule has 2 aromatic rings. The molecule has 25 heavy (non-hydrogen) atoms. The van der Waals surface area contributed by atoms with Gasteiger partial charge in [0.05, 0.1) is 11.3 Å². The van der Waals surface area contributed by atoms with E-state index < -0.39 is 22.3 Å². The molecule has 0 radical (unpaired) electrons. The highest BCUT2D eigenvalue weighted by Crippen LogP contribution is 2.29. The summed E-state index contributed by atoms with van der Waals surface area (Å²) >= 11 is 1.44. The van der Waals surface area contributed by atoms with Crippen LogP contribution in [0.1, 0.15) is 16.8 Å². The molecule has 1 aromatic carbocycles. The van der Waals surface area contributed by atoms with Crippen LogP contribution in [0, 0.1) is 10.1 Å². The zero-order chi connectivity index (χ0) is 18.0. The molecule has 1 atom stereocenters. The number of amides is 1. The fraction of sp³-hybridized carbons (Fsp3) is 0.267. The summed E-state index contributed by atoms with van der Waals surface area (Å²) in [5, 5.41) is 23.3. The van der Waals surface area contributed by atoms with E-state index in [1.165, 1.54) is 41.0 Å². The molecule has 2 N–H and O–H groups in total. The van der Waals surface area contributed by atoms with E-state index >= 15 is 0 Å². The van der Waals surface area contributed by atoms with Crippen LogP contribution in [0.5, 0.6) is 0 Å². The minimum atomic E-state index is -1.33. The maximum atomic E-state index is 12.5. The number of aromatic nitrogens is 2. The summed E-state index contributed by atoms with van der Waals surface area (Å²) in [6.07, 6.45) is 4.77. The number of carboxylic acids is 1. The number of carbonyl (C=O) groups is 2. The Kier molecular flexibility index (Phi) is 4.45. The molecule has 1 amide bonds. The van der Waals surface area contributed by atoms with Crippen LogP contribution in [-0.2, 0) is 4.79 Å². The Morgan fingerprint density at radius 3 is 2.80 bits per heavy atom. The molecule has 2 heterocycles. The molecular weight excluding hydrogens is 348 g/mol. The highest BCUT2D eigenvalue weighted by molar-refractivity contribution is 7.99. The summed E-state index contributed by atoms with van der Waals surface area (Å²) in [4.78, 5) is 38.6. The van der Waals surface area contributed by atoms with Crippen molar-refractivity contribution in [1.82, 2.24) is 14.9 Å². The Hall–Kier alpha value is -2.88. The van der Waals surface area contributed by atoms with Gasteiger partial charge in [0.25, 0.3) is 11.6 Å². The van der Waals surface area contributed by atoms with Crippen molar-refractivity contribution < 1.29 is 19.6 Å². The average Bonchev–Trinajstić information content (AvgIpc) is 3.26. The van der Waals surface area contributed by atoms with Gasteiger partial charge in [-0.15, -0.1) is 0 Å². The van der Waals surface area contributed by atoms with Gasteiger partial charge in [-0.2, -0.15) is 11.8 Å². The van der Waals surface area contributed by atoms with E-state index in [0.717, 1.165) is 6.07 Å². The molecule has 10 heteroatoms. The molecule has 1 aromatic heterocycles. The molecule has 0 saturated carbocycles. The highest BCUT2D eigenvalue weighted by atomic mass is 32.2. The number of benzene rings is 1. The molecule has 1 unspecified atom stereocenters. The maximum Gasteiger partial charge on any atom is 0.330 e. The first-order valence-corrected chi connectivity index (χ1v) is 8.49. The van der Waals surface area contributed by atoms with Crippen LogP contribution in [-0.4, -0.2) is 48.5 Å². The van der Waals surface area contributed by atoms with Crippen molar-refractivity contribution in [2.45, 2.75) is 12.0 Å². The van der Waals surface area contributed by atoms with E-state index in [2.05, 4.69) is 10.3 Å². The van der Waals surface area contributed by atoms with Crippen LogP contribution in [0.25, 0.3) is 5.69 Å². The highest BCUT2D eigenvalue weighted by Gasteiger charge is 2.43. The number of imidazole rings is 1. The minimum absolute atomic E-state index is 0.0353. The number of aliphatic carboxylic acids is 1. The van der Waals surface area contributed by atoms with E-state index in [1.807, 2.05) is 0 Å². The number of nitrogens with one attached hydrogen (secondary N) is 1. The Bertz CT molecular complexity index is 830. The monoisotopic (exact) mass is 362 g/mol. The standard InChI is InChI=1S/C15H14N4O5S/c20-13(17-15(14(21)22)3-6-25-8-15)10-1-2-11(12(7-10)19(23)24)18-5-4-16-9-18/h1-2,4-5,7,9H,3,6,8H2,(H,17,20)(H,21,22). The van der Waals surface area contributed by atoms with Crippen LogP contribution in [0.2, 0.25) is 0 Å². The number of thioether (sulfide) groups is 1. The van der Waals surface area contributed by atoms with E-state index in [9.17, 15) is 24.8 Å². The zero-order valence-corrected chi connectivity index (χ0v) is 13.7. The average molecular weight is 362 g/mol. The molecule has 3 rings (SSSR count). The fourth-order valence-electron chi connectivity index (χ4n) is 2.61. The first-order valence-electron chi connectivity index (χ1n) is 7.33. The van der Waals surface area contributed by atoms with Gasteiger partial charge in [0.1, 0.15) is 11.2 Å². The molecule has 0 spiro atoms. The second kappa shape index (κ2) is 6.55. The Balaban J connectivity index is 1.92. The predicted molar refractivity (Wildman–Crippen MR) is 90.0 cm³/mol. The Morgan fingerprint density at radius 1 is 1.44 bits per heavy atom. The molecule has 1 aliphatic rings. The van der Waals surface area contributed by atoms with Gasteiger partial charge >= 0.3 is 5.97 Å². The van der Waals surface area contributed by atoms with Gasteiger partial charge in [-0.25, -0.2) is 9.78 Å². The molecule has 130 valence electrons. The third kappa shape index (κ3) is 3.20. The topological polar surface area (TPSA) is 127 Å². The van der Waals surface area contributed by atoms with Crippen molar-refractivity contribution in [2.24, 2.45) is 0 Å². The van der Waals surface area contributed by atoms with Gasteiger partial charge in [-0.3, -0.25) is 14.9 Å². The van der Waals surface area contributed by atoms with E-state index in [4.69, 9.17) is 0 Å². The Labute approximate surface area is 146 Å². The van der Waals surface area contributed by atoms with Gasteiger partial charge < -0.3 is 15.0 Å². The van der Waals surface area contributed by atoms with Crippen LogP contribution in [0.3, 0.4) is 0 Å². The molecule has 0 bridgehead atoms. The number of carbonyl (C=O) groups excluding carboxylic acids is 1. The summed E-state index contributed by atoms with van der Waals surface area (Å²) in [6.45, 7) is 0. The summed E-state index contributed by atoms with van der Waals surface area (Å²) in [6, 6.07) is 4.00. The quantitative estimate of drug-likeness (QED) is 0.609. The van der Waals surface area contributed by atoms with E-state index in [1.54, 1.807) is 6.20 Å². The number of carboxylic acid groups (broad SMARTS) is 1. The van der Waals surface area contributed by atoms with Crippen LogP contribution in [0.4, 0.5) is 5.69 Å². The molecule has 1 aliphatic heterocycles. The number of hydrogen-bond acceptors (Lipinski definition) is 6.